The molecule has 1 aromatic heterocycles. The highest BCUT2D eigenvalue weighted by atomic mass is 32.1. The van der Waals surface area contributed by atoms with Crippen molar-refractivity contribution < 1.29 is 9.53 Å². The van der Waals surface area contributed by atoms with E-state index in [-0.39, 0.29) is 11.9 Å². The maximum Gasteiger partial charge on any atom is 0.256 e. The number of ether oxygens (including phenoxy) is 1. The molecule has 1 saturated heterocycles. The third kappa shape index (κ3) is 5.66. The second kappa shape index (κ2) is 11.0. The molecule has 2 aromatic carbocycles. The van der Waals surface area contributed by atoms with Gasteiger partial charge in [0, 0.05) is 16.0 Å². The Labute approximate surface area is 201 Å². The first-order valence-electron chi connectivity index (χ1n) is 12.0. The number of rotatable bonds is 8. The van der Waals surface area contributed by atoms with Crippen LogP contribution in [-0.2, 0) is 6.42 Å². The molecule has 4 nitrogen and oxygen atoms in total. The predicted molar refractivity (Wildman–Crippen MR) is 138 cm³/mol. The van der Waals surface area contributed by atoms with Gasteiger partial charge in [0.2, 0.25) is 0 Å². The summed E-state index contributed by atoms with van der Waals surface area (Å²) in [4.78, 5) is 16.9. The molecular formula is C28H34N2O2S. The topological polar surface area (TPSA) is 41.6 Å². The number of nitrogens with zero attached hydrogens (tertiary/aromatic N) is 1. The molecule has 0 radical (unpaired) electrons. The van der Waals surface area contributed by atoms with Crippen molar-refractivity contribution >= 4 is 22.2 Å². The zero-order valence-electron chi connectivity index (χ0n) is 19.8. The average Bonchev–Trinajstić information content (AvgIpc) is 3.24. The maximum absolute atomic E-state index is 13.0. The molecule has 0 spiro atoms. The molecule has 33 heavy (non-hydrogen) atoms. The first kappa shape index (κ1) is 23.5. The van der Waals surface area contributed by atoms with Crippen molar-refractivity contribution in [3.8, 4) is 5.75 Å². The molecule has 5 heteroatoms. The Bertz CT molecular complexity index is 1040. The van der Waals surface area contributed by atoms with Gasteiger partial charge in [0.25, 0.3) is 5.91 Å². The van der Waals surface area contributed by atoms with Crippen molar-refractivity contribution in [2.24, 2.45) is 5.92 Å². The normalized spacial score (nSPS) is 15.8. The number of thiophene rings is 1. The molecule has 0 unspecified atom stereocenters. The van der Waals surface area contributed by atoms with Crippen LogP contribution in [-0.4, -0.2) is 30.5 Å². The van der Waals surface area contributed by atoms with Crippen LogP contribution in [0.1, 0.15) is 66.0 Å². The number of carbonyl (C=O) groups excluding carboxylic acids is 1. The van der Waals surface area contributed by atoms with Crippen LogP contribution in [0.5, 0.6) is 5.75 Å². The Morgan fingerprint density at radius 3 is 2.42 bits per heavy atom. The highest BCUT2D eigenvalue weighted by molar-refractivity contribution is 7.16. The van der Waals surface area contributed by atoms with Crippen molar-refractivity contribution in [3.63, 3.8) is 0 Å². The van der Waals surface area contributed by atoms with E-state index in [1.165, 1.54) is 28.8 Å². The van der Waals surface area contributed by atoms with E-state index >= 15 is 0 Å². The van der Waals surface area contributed by atoms with Crippen molar-refractivity contribution in [1.82, 2.24) is 4.90 Å². The Balaban J connectivity index is 1.71. The fourth-order valence-electron chi connectivity index (χ4n) is 4.49. The minimum Gasteiger partial charge on any atom is -0.494 e. The molecule has 1 N–H and O–H groups in total. The lowest BCUT2D eigenvalue weighted by Crippen LogP contribution is -2.37. The van der Waals surface area contributed by atoms with Crippen LogP contribution < -0.4 is 10.1 Å². The van der Waals surface area contributed by atoms with Crippen LogP contribution in [0.15, 0.2) is 60.7 Å². The molecule has 1 aliphatic rings. The number of piperidine rings is 1. The van der Waals surface area contributed by atoms with E-state index in [0.29, 0.717) is 12.2 Å². The lowest BCUT2D eigenvalue weighted by Gasteiger charge is -2.37. The number of nitrogens with one attached hydrogen (secondary N) is 1. The molecule has 1 atom stereocenters. The second-order valence-corrected chi connectivity index (χ2v) is 9.93. The largest absolute Gasteiger partial charge is 0.494 e. The molecular weight excluding hydrogens is 428 g/mol. The summed E-state index contributed by atoms with van der Waals surface area (Å²) >= 11 is 1.70. The first-order valence-corrected chi connectivity index (χ1v) is 12.9. The number of hydrogen-bond acceptors (Lipinski definition) is 4. The van der Waals surface area contributed by atoms with E-state index in [9.17, 15) is 4.79 Å². The van der Waals surface area contributed by atoms with Crippen molar-refractivity contribution in [1.29, 1.82) is 0 Å². The molecule has 4 rings (SSSR count). The fraction of sp³-hybridized carbons (Fsp3) is 0.393. The van der Waals surface area contributed by atoms with E-state index in [4.69, 9.17) is 4.74 Å². The molecule has 3 aromatic rings. The van der Waals surface area contributed by atoms with Gasteiger partial charge in [-0.05, 0) is 81.1 Å². The molecule has 0 saturated carbocycles. The lowest BCUT2D eigenvalue weighted by atomic mass is 9.92. The van der Waals surface area contributed by atoms with Gasteiger partial charge in [0.05, 0.1) is 12.6 Å². The standard InChI is InChI=1S/C28H34N2O2S/c1-4-24-19-25(28(33-24)29-27(31)22-9-7-6-8-10-22)26(30-17-15-20(3)16-18-30)21-11-13-23(14-12-21)32-5-2/h6-14,19-20,26H,4-5,15-18H2,1-3H3,(H,29,31)/t26-/m0/s1. The average molecular weight is 463 g/mol. The summed E-state index contributed by atoms with van der Waals surface area (Å²) in [5, 5.41) is 4.20. The van der Waals surface area contributed by atoms with E-state index < -0.39 is 0 Å². The van der Waals surface area contributed by atoms with E-state index in [2.05, 4.69) is 54.4 Å². The van der Waals surface area contributed by atoms with Gasteiger partial charge in [-0.1, -0.05) is 44.2 Å². The Morgan fingerprint density at radius 1 is 1.09 bits per heavy atom. The molecule has 2 heterocycles. The van der Waals surface area contributed by atoms with Crippen LogP contribution in [0.3, 0.4) is 0 Å². The van der Waals surface area contributed by atoms with Gasteiger partial charge < -0.3 is 10.1 Å². The zero-order valence-corrected chi connectivity index (χ0v) is 20.7. The van der Waals surface area contributed by atoms with Gasteiger partial charge in [-0.2, -0.15) is 0 Å². The Hall–Kier alpha value is -2.63. The maximum atomic E-state index is 13.0. The number of amides is 1. The van der Waals surface area contributed by atoms with Crippen LogP contribution in [0.2, 0.25) is 0 Å². The number of carbonyl (C=O) groups is 1. The van der Waals surface area contributed by atoms with Crippen molar-refractivity contribution in [2.45, 2.75) is 46.1 Å². The zero-order chi connectivity index (χ0) is 23.2. The van der Waals surface area contributed by atoms with Crippen LogP contribution in [0.4, 0.5) is 5.00 Å². The van der Waals surface area contributed by atoms with Gasteiger partial charge >= 0.3 is 0 Å². The SMILES string of the molecule is CCOc1ccc([C@@H](c2cc(CC)sc2NC(=O)c2ccccc2)N2CCC(C)CC2)cc1. The van der Waals surface area contributed by atoms with Crippen LogP contribution in [0, 0.1) is 5.92 Å². The van der Waals surface area contributed by atoms with E-state index in [1.807, 2.05) is 37.3 Å². The Kier molecular flexibility index (Phi) is 7.84. The fourth-order valence-corrected chi connectivity index (χ4v) is 5.51. The minimum atomic E-state index is -0.0564. The van der Waals surface area contributed by atoms with Crippen LogP contribution >= 0.6 is 11.3 Å². The summed E-state index contributed by atoms with van der Waals surface area (Å²) in [7, 11) is 0. The van der Waals surface area contributed by atoms with Gasteiger partial charge in [0.15, 0.2) is 0 Å². The highest BCUT2D eigenvalue weighted by Crippen LogP contribution is 2.41. The summed E-state index contributed by atoms with van der Waals surface area (Å²) in [5.41, 5.74) is 3.11. The molecule has 174 valence electrons. The molecule has 1 amide bonds. The lowest BCUT2D eigenvalue weighted by molar-refractivity contribution is 0.102. The molecule has 1 fully saturated rings. The van der Waals surface area contributed by atoms with Crippen molar-refractivity contribution in [2.75, 3.05) is 25.0 Å². The highest BCUT2D eigenvalue weighted by Gasteiger charge is 2.29. The third-order valence-electron chi connectivity index (χ3n) is 6.41. The van der Waals surface area contributed by atoms with Gasteiger partial charge in [-0.25, -0.2) is 0 Å². The van der Waals surface area contributed by atoms with Gasteiger partial charge in [0.1, 0.15) is 10.8 Å². The Morgan fingerprint density at radius 2 is 1.79 bits per heavy atom. The van der Waals surface area contributed by atoms with Crippen LogP contribution in [0.25, 0.3) is 0 Å². The summed E-state index contributed by atoms with van der Waals surface area (Å²) in [6.07, 6.45) is 3.35. The number of hydrogen-bond donors (Lipinski definition) is 1. The third-order valence-corrected chi connectivity index (χ3v) is 7.62. The number of aryl methyl sites for hydroxylation is 1. The monoisotopic (exact) mass is 462 g/mol. The molecule has 0 bridgehead atoms. The summed E-state index contributed by atoms with van der Waals surface area (Å²) in [5.74, 6) is 1.59. The quantitative estimate of drug-likeness (QED) is 0.401. The van der Waals surface area contributed by atoms with E-state index in [1.54, 1.807) is 11.3 Å². The summed E-state index contributed by atoms with van der Waals surface area (Å²) < 4.78 is 5.68. The summed E-state index contributed by atoms with van der Waals surface area (Å²) in [6, 6.07) is 20.3. The smallest absolute Gasteiger partial charge is 0.256 e. The minimum absolute atomic E-state index is 0.0564. The first-order chi connectivity index (χ1) is 16.1. The molecule has 1 aliphatic heterocycles. The van der Waals surface area contributed by atoms with E-state index in [0.717, 1.165) is 36.2 Å². The predicted octanol–water partition coefficient (Wildman–Crippen LogP) is 6.78. The van der Waals surface area contributed by atoms with Crippen molar-refractivity contribution in [3.05, 3.63) is 82.2 Å². The number of likely N-dealkylation sites (tertiary alicyclic amines) is 1. The summed E-state index contributed by atoms with van der Waals surface area (Å²) in [6.45, 7) is 9.30. The number of benzene rings is 2. The number of anilines is 1. The second-order valence-electron chi connectivity index (χ2n) is 8.79. The molecule has 0 aliphatic carbocycles. The van der Waals surface area contributed by atoms with Gasteiger partial charge in [-0.15, -0.1) is 11.3 Å². The van der Waals surface area contributed by atoms with Gasteiger partial charge in [-0.3, -0.25) is 9.69 Å².